The van der Waals surface area contributed by atoms with Crippen LogP contribution in [0.4, 0.5) is 92.3 Å². The second-order valence-corrected chi connectivity index (χ2v) is 32.2. The fraction of sp³-hybridized carbons (Fsp3) is 0.488. The van der Waals surface area contributed by atoms with E-state index >= 15 is 0 Å². The molecule has 3 aromatic carbocycles. The molecule has 0 unspecified atom stereocenters. The van der Waals surface area contributed by atoms with Crippen LogP contribution < -0.4 is 37.6 Å². The van der Waals surface area contributed by atoms with Crippen LogP contribution in [0.1, 0.15) is 230 Å². The summed E-state index contributed by atoms with van der Waals surface area (Å²) in [6, 6.07) is 28.5. The van der Waals surface area contributed by atoms with Crippen molar-refractivity contribution < 1.29 is 39.5 Å². The average molecular weight is 1610 g/mol. The van der Waals surface area contributed by atoms with Gasteiger partial charge in [-0.05, 0) is 217 Å². The largest absolute Gasteiger partial charge is 0.416 e. The van der Waals surface area contributed by atoms with Gasteiger partial charge >= 0.3 is 18.5 Å². The maximum atomic E-state index is 13.0. The molecule has 606 valence electrons. The molecular weight excluding hydrogens is 1510 g/mol. The second kappa shape index (κ2) is 40.0. The summed E-state index contributed by atoms with van der Waals surface area (Å²) in [7, 11) is 0. The molecule has 6 aliphatic carbocycles. The number of rotatable bonds is 24. The number of nitrogens with zero attached hydrogens (tertiary/aromatic N) is 10. The van der Waals surface area contributed by atoms with E-state index in [1.807, 2.05) is 18.2 Å². The lowest BCUT2D eigenvalue weighted by molar-refractivity contribution is -0.138. The van der Waals surface area contributed by atoms with Crippen LogP contribution in [-0.4, -0.2) is 95.2 Å². The average Bonchev–Trinajstić information content (AvgIpc) is 1.25. The maximum absolute atomic E-state index is 13.0. The Labute approximate surface area is 667 Å². The standard InChI is InChI=1S/C28H34F3N7.C28H33F3N6S.C18H27N7.C8H4F3NS/c29-28(30,31)21-7-3-4-19(14-21)16-22(32)15-18-8-10-23(11-9-18)34-27-33-13-12-25(36-27)35-26-17-24(37-38-26)20-5-1-2-6-20;29-28(30,31)21-7-3-4-19(14-21)16-23(38)15-18-8-10-22(11-9-18)33-27-32-13-12-25(35-27)34-26-17-24(36-37-26)20-5-1-2-6-20;19-13-5-7-14(8-6-13)21-18-20-10-9-16(23-18)22-17-11-15(24-25-17)12-3-1-2-4-12;9-8(10,11)6-2-1-3-7(4-6)13-5-12/h3-4,7,12-14,17-18,20,23,32H,1-2,5-6,8-11,15-16H2,(H3,33,34,35,36,37,38);3-4,7,12-14,17-18,20,22H,1-2,5-6,8-11,15-16H2,(H3,32,33,34,35,36,37);9-14H,1-8,19H2,(H3,20,21,22,23,24,25);1-4H. The molecule has 6 aromatic heterocycles. The highest BCUT2D eigenvalue weighted by Gasteiger charge is 2.34. The maximum Gasteiger partial charge on any atom is 0.416 e. The lowest BCUT2D eigenvalue weighted by Crippen LogP contribution is -2.33. The predicted molar refractivity (Wildman–Crippen MR) is 431 cm³/mol. The summed E-state index contributed by atoms with van der Waals surface area (Å²) in [6.45, 7) is 0. The first-order valence-electron chi connectivity index (χ1n) is 39.6. The van der Waals surface area contributed by atoms with Crippen LogP contribution in [0.3, 0.4) is 0 Å². The van der Waals surface area contributed by atoms with Gasteiger partial charge in [0.2, 0.25) is 17.8 Å². The molecule has 0 aliphatic heterocycles. The SMILES string of the molecule is FC(F)(F)c1cccc(CC(=S)CC2CCC(Nc3nccc(Nc4cc(C5CCCC5)[nH]n4)n3)CC2)c1.N#CSc1cccc(C(F)(F)F)c1.N=C(Cc1cccc(C(F)(F)F)c1)CC1CCC(Nc2nccc(Nc3cc(C4CCCC4)[nH]n3)n2)CC1.NC1CCC(Nc2nccc(Nc3cc(C4CCCC4)[nH]n3)n2)CC1. The van der Waals surface area contributed by atoms with Crippen molar-refractivity contribution in [3.8, 4) is 5.40 Å². The Morgan fingerprint density at radius 1 is 0.447 bits per heavy atom. The number of aromatic amines is 3. The monoisotopic (exact) mass is 1610 g/mol. The zero-order chi connectivity index (χ0) is 80.0. The molecule has 0 bridgehead atoms. The highest BCUT2D eigenvalue weighted by atomic mass is 32.2. The zero-order valence-corrected chi connectivity index (χ0v) is 65.0. The fourth-order valence-electron chi connectivity index (χ4n) is 16.1. The molecule has 32 heteroatoms. The summed E-state index contributed by atoms with van der Waals surface area (Å²) in [4.78, 5) is 28.0. The third-order valence-corrected chi connectivity index (χ3v) is 23.0. The molecule has 6 saturated carbocycles. The molecule has 21 nitrogen and oxygen atoms in total. The van der Waals surface area contributed by atoms with Crippen molar-refractivity contribution in [3.63, 3.8) is 0 Å². The minimum Gasteiger partial charge on any atom is -0.351 e. The van der Waals surface area contributed by atoms with Crippen molar-refractivity contribution in [3.05, 3.63) is 173 Å². The van der Waals surface area contributed by atoms with Crippen LogP contribution in [0.15, 0.2) is 133 Å². The van der Waals surface area contributed by atoms with E-state index in [2.05, 4.69) is 111 Å². The number of benzene rings is 3. The van der Waals surface area contributed by atoms with E-state index in [-0.39, 0.29) is 18.5 Å². The lowest BCUT2D eigenvalue weighted by Gasteiger charge is -2.29. The Bertz CT molecular complexity index is 4380. The summed E-state index contributed by atoms with van der Waals surface area (Å²) in [5.41, 5.74) is 9.19. The minimum atomic E-state index is -4.36. The molecule has 0 saturated heterocycles. The smallest absolute Gasteiger partial charge is 0.351 e. The first-order valence-corrected chi connectivity index (χ1v) is 40.8. The number of nitrogens with one attached hydrogen (secondary N) is 10. The summed E-state index contributed by atoms with van der Waals surface area (Å²) >= 11 is 6.27. The van der Waals surface area contributed by atoms with E-state index in [0.29, 0.717) is 117 Å². The quantitative estimate of drug-likeness (QED) is 0.00880. The molecule has 15 rings (SSSR count). The zero-order valence-electron chi connectivity index (χ0n) is 63.4. The highest BCUT2D eigenvalue weighted by Crippen LogP contribution is 2.40. The number of halogens is 9. The van der Waals surface area contributed by atoms with Crippen LogP contribution in [-0.2, 0) is 31.4 Å². The molecule has 9 aromatic rings. The Morgan fingerprint density at radius 3 is 1.18 bits per heavy atom. The Hall–Kier alpha value is -9.74. The number of anilines is 9. The molecule has 12 N–H and O–H groups in total. The van der Waals surface area contributed by atoms with E-state index in [1.165, 1.54) is 124 Å². The van der Waals surface area contributed by atoms with Gasteiger partial charge in [-0.1, -0.05) is 93.2 Å². The summed E-state index contributed by atoms with van der Waals surface area (Å²) in [5.74, 6) is 8.89. The van der Waals surface area contributed by atoms with Gasteiger partial charge in [-0.25, -0.2) is 15.0 Å². The van der Waals surface area contributed by atoms with E-state index in [0.717, 1.165) is 142 Å². The molecule has 0 amide bonds. The van der Waals surface area contributed by atoms with Crippen molar-refractivity contribution in [2.45, 2.75) is 245 Å². The number of aromatic nitrogens is 12. The first kappa shape index (κ1) is 83.7. The van der Waals surface area contributed by atoms with Gasteiger partial charge in [0, 0.05) is 119 Å². The highest BCUT2D eigenvalue weighted by molar-refractivity contribution is 8.03. The molecule has 0 radical (unpaired) electrons. The number of hydrogen-bond donors (Lipinski definition) is 11. The third-order valence-electron chi connectivity index (χ3n) is 22.1. The number of H-pyrrole nitrogens is 3. The van der Waals surface area contributed by atoms with Crippen molar-refractivity contribution in [1.29, 1.82) is 10.7 Å². The number of nitriles is 1. The Morgan fingerprint density at radius 2 is 0.798 bits per heavy atom. The Balaban J connectivity index is 0.000000149. The van der Waals surface area contributed by atoms with Crippen LogP contribution in [0.25, 0.3) is 0 Å². The van der Waals surface area contributed by atoms with Crippen molar-refractivity contribution >= 4 is 87.3 Å². The normalized spacial score (nSPS) is 20.2. The van der Waals surface area contributed by atoms with E-state index in [1.54, 1.807) is 36.1 Å². The van der Waals surface area contributed by atoms with Gasteiger partial charge in [0.25, 0.3) is 0 Å². The number of thiocyanates is 1. The van der Waals surface area contributed by atoms with Crippen LogP contribution in [0, 0.1) is 27.9 Å². The van der Waals surface area contributed by atoms with Gasteiger partial charge in [-0.15, -0.1) is 0 Å². The third kappa shape index (κ3) is 25.9. The molecule has 6 heterocycles. The molecule has 114 heavy (non-hydrogen) atoms. The number of alkyl halides is 9. The van der Waals surface area contributed by atoms with Gasteiger partial charge in [0.05, 0.1) is 16.7 Å². The van der Waals surface area contributed by atoms with E-state index in [9.17, 15) is 39.5 Å². The van der Waals surface area contributed by atoms with Crippen LogP contribution in [0.5, 0.6) is 0 Å². The fourth-order valence-corrected chi connectivity index (χ4v) is 16.9. The molecule has 6 aliphatic rings. The van der Waals surface area contributed by atoms with Gasteiger partial charge in [0.15, 0.2) is 17.5 Å². The van der Waals surface area contributed by atoms with E-state index < -0.39 is 35.2 Å². The number of thioether (sulfide) groups is 1. The van der Waals surface area contributed by atoms with Crippen molar-refractivity contribution in [1.82, 2.24) is 60.5 Å². The van der Waals surface area contributed by atoms with Gasteiger partial charge in [0.1, 0.15) is 22.9 Å². The summed E-state index contributed by atoms with van der Waals surface area (Å²) in [5, 5.41) is 61.1. The molecular formula is C82H98F9N21S2. The predicted octanol–water partition coefficient (Wildman–Crippen LogP) is 21.4. The minimum absolute atomic E-state index is 0.249. The topological polar surface area (TPSA) is 309 Å². The van der Waals surface area contributed by atoms with Crippen molar-refractivity contribution in [2.75, 3.05) is 31.9 Å². The van der Waals surface area contributed by atoms with Crippen molar-refractivity contribution in [2.24, 2.45) is 17.6 Å². The summed E-state index contributed by atoms with van der Waals surface area (Å²) in [6.07, 6.45) is 21.4. The van der Waals surface area contributed by atoms with E-state index in [4.69, 9.17) is 28.6 Å². The number of nitrogens with two attached hydrogens (primary N) is 1. The van der Waals surface area contributed by atoms with Crippen LogP contribution >= 0.6 is 24.0 Å². The van der Waals surface area contributed by atoms with Gasteiger partial charge < -0.3 is 43.0 Å². The molecule has 0 spiro atoms. The molecule has 0 atom stereocenters. The number of thiocarbonyl (C=S) groups is 1. The molecule has 6 fully saturated rings. The van der Waals surface area contributed by atoms with Gasteiger partial charge in [-0.2, -0.15) is 75.0 Å². The first-order chi connectivity index (χ1) is 54.9. The lowest BCUT2D eigenvalue weighted by atomic mass is 9.82. The van der Waals surface area contributed by atoms with Gasteiger partial charge in [-0.3, -0.25) is 15.3 Å². The van der Waals surface area contributed by atoms with Crippen LogP contribution in [0.2, 0.25) is 0 Å². The summed E-state index contributed by atoms with van der Waals surface area (Å²) < 4.78 is 114. The second-order valence-electron chi connectivity index (χ2n) is 30.7. The Kier molecular flexibility index (Phi) is 29.4. The number of hydrogen-bond acceptors (Lipinski definition) is 20.